The van der Waals surface area contributed by atoms with Crippen LogP contribution in [0, 0.1) is 0 Å². The molecule has 116 valence electrons. The van der Waals surface area contributed by atoms with Gasteiger partial charge in [0, 0.05) is 29.4 Å². The van der Waals surface area contributed by atoms with Crippen LogP contribution < -0.4 is 9.64 Å². The number of para-hydroxylation sites is 1. The van der Waals surface area contributed by atoms with E-state index in [4.69, 9.17) is 4.74 Å². The van der Waals surface area contributed by atoms with E-state index in [1.54, 1.807) is 7.11 Å². The Morgan fingerprint density at radius 2 is 1.87 bits per heavy atom. The minimum Gasteiger partial charge on any atom is -0.497 e. The van der Waals surface area contributed by atoms with Crippen molar-refractivity contribution in [1.29, 1.82) is 0 Å². The van der Waals surface area contributed by atoms with Crippen LogP contribution in [0.15, 0.2) is 48.5 Å². The fraction of sp³-hybridized carbons (Fsp3) is 0.211. The zero-order valence-electron chi connectivity index (χ0n) is 13.0. The highest BCUT2D eigenvalue weighted by Crippen LogP contribution is 2.39. The van der Waals surface area contributed by atoms with E-state index in [1.807, 2.05) is 47.4 Å². The number of fused-ring (bicyclic) bond motifs is 1. The van der Waals surface area contributed by atoms with Gasteiger partial charge in [0.15, 0.2) is 0 Å². The third kappa shape index (κ3) is 2.27. The molecule has 4 nitrogen and oxygen atoms in total. The standard InChI is InChI=1S/C19H18N2O2/c1-23-14-10-8-13(9-11-14)18-15-5-2-3-6-16(15)20-19(18)21-12-4-7-17(21)22/h2-3,5-6,8-11,20H,4,7,12H2,1H3. The van der Waals surface area contributed by atoms with Crippen molar-refractivity contribution in [3.8, 4) is 16.9 Å². The largest absolute Gasteiger partial charge is 0.497 e. The summed E-state index contributed by atoms with van der Waals surface area (Å²) in [6, 6.07) is 16.2. The molecule has 1 aliphatic rings. The lowest BCUT2D eigenvalue weighted by molar-refractivity contribution is -0.117. The molecule has 1 N–H and O–H groups in total. The summed E-state index contributed by atoms with van der Waals surface area (Å²) >= 11 is 0. The second-order valence-electron chi connectivity index (χ2n) is 5.77. The van der Waals surface area contributed by atoms with Crippen molar-refractivity contribution in [2.75, 3.05) is 18.6 Å². The molecule has 0 radical (unpaired) electrons. The van der Waals surface area contributed by atoms with Gasteiger partial charge in [-0.2, -0.15) is 0 Å². The Kier molecular flexibility index (Phi) is 3.30. The molecule has 0 saturated carbocycles. The Morgan fingerprint density at radius 3 is 2.57 bits per heavy atom. The Balaban J connectivity index is 1.93. The number of aromatic amines is 1. The maximum atomic E-state index is 12.2. The molecule has 1 aliphatic heterocycles. The van der Waals surface area contributed by atoms with Crippen LogP contribution in [0.5, 0.6) is 5.75 Å². The van der Waals surface area contributed by atoms with Crippen molar-refractivity contribution in [3.05, 3.63) is 48.5 Å². The van der Waals surface area contributed by atoms with Gasteiger partial charge in [-0.15, -0.1) is 0 Å². The quantitative estimate of drug-likeness (QED) is 0.796. The second kappa shape index (κ2) is 5.47. The minimum atomic E-state index is 0.186. The van der Waals surface area contributed by atoms with E-state index in [-0.39, 0.29) is 5.91 Å². The number of hydrogen-bond acceptors (Lipinski definition) is 2. The number of nitrogens with zero attached hydrogens (tertiary/aromatic N) is 1. The predicted octanol–water partition coefficient (Wildman–Crippen LogP) is 3.97. The number of nitrogens with one attached hydrogen (secondary N) is 1. The highest BCUT2D eigenvalue weighted by Gasteiger charge is 2.27. The predicted molar refractivity (Wildman–Crippen MR) is 91.9 cm³/mol. The Morgan fingerprint density at radius 1 is 1.09 bits per heavy atom. The molecule has 1 aromatic heterocycles. The third-order valence-corrected chi connectivity index (χ3v) is 4.41. The van der Waals surface area contributed by atoms with E-state index >= 15 is 0 Å². The smallest absolute Gasteiger partial charge is 0.228 e. The van der Waals surface area contributed by atoms with Gasteiger partial charge in [0.1, 0.15) is 11.6 Å². The van der Waals surface area contributed by atoms with Crippen LogP contribution >= 0.6 is 0 Å². The maximum absolute atomic E-state index is 12.2. The normalized spacial score (nSPS) is 14.7. The Hall–Kier alpha value is -2.75. The van der Waals surface area contributed by atoms with E-state index in [2.05, 4.69) is 11.1 Å². The number of H-pyrrole nitrogens is 1. The van der Waals surface area contributed by atoms with Gasteiger partial charge in [0.2, 0.25) is 5.91 Å². The van der Waals surface area contributed by atoms with Crippen molar-refractivity contribution >= 4 is 22.6 Å². The van der Waals surface area contributed by atoms with Crippen molar-refractivity contribution in [2.24, 2.45) is 0 Å². The number of carbonyl (C=O) groups is 1. The highest BCUT2D eigenvalue weighted by molar-refractivity contribution is 6.08. The number of rotatable bonds is 3. The molecule has 2 heterocycles. The molecule has 3 aromatic rings. The van der Waals surface area contributed by atoms with E-state index in [1.165, 1.54) is 0 Å². The number of ether oxygens (including phenoxy) is 1. The molecule has 0 aliphatic carbocycles. The summed E-state index contributed by atoms with van der Waals surface area (Å²) in [5.41, 5.74) is 3.21. The first-order valence-electron chi connectivity index (χ1n) is 7.83. The molecule has 0 atom stereocenters. The number of carbonyl (C=O) groups excluding carboxylic acids is 1. The molecule has 0 spiro atoms. The van der Waals surface area contributed by atoms with Crippen LogP contribution in [0.3, 0.4) is 0 Å². The lowest BCUT2D eigenvalue weighted by Gasteiger charge is -2.16. The average Bonchev–Trinajstić information content (AvgIpc) is 3.18. The van der Waals surface area contributed by atoms with Gasteiger partial charge in [0.25, 0.3) is 0 Å². The third-order valence-electron chi connectivity index (χ3n) is 4.41. The van der Waals surface area contributed by atoms with Crippen LogP contribution in [0.1, 0.15) is 12.8 Å². The van der Waals surface area contributed by atoms with Crippen molar-refractivity contribution in [3.63, 3.8) is 0 Å². The molecule has 23 heavy (non-hydrogen) atoms. The van der Waals surface area contributed by atoms with Gasteiger partial charge in [-0.05, 0) is 30.2 Å². The zero-order chi connectivity index (χ0) is 15.8. The molecule has 4 heteroatoms. The molecule has 1 amide bonds. The first-order chi connectivity index (χ1) is 11.3. The van der Waals surface area contributed by atoms with Crippen LogP contribution in [0.4, 0.5) is 5.82 Å². The summed E-state index contributed by atoms with van der Waals surface area (Å²) in [6.07, 6.45) is 1.54. The number of anilines is 1. The van der Waals surface area contributed by atoms with E-state index in [0.717, 1.165) is 46.6 Å². The topological polar surface area (TPSA) is 45.3 Å². The second-order valence-corrected chi connectivity index (χ2v) is 5.77. The lowest BCUT2D eigenvalue weighted by atomic mass is 10.0. The summed E-state index contributed by atoms with van der Waals surface area (Å²) in [5.74, 6) is 1.91. The number of aromatic nitrogens is 1. The summed E-state index contributed by atoms with van der Waals surface area (Å²) < 4.78 is 5.25. The van der Waals surface area contributed by atoms with Gasteiger partial charge < -0.3 is 9.72 Å². The first-order valence-corrected chi connectivity index (χ1v) is 7.83. The maximum Gasteiger partial charge on any atom is 0.228 e. The highest BCUT2D eigenvalue weighted by atomic mass is 16.5. The lowest BCUT2D eigenvalue weighted by Crippen LogP contribution is -2.24. The summed E-state index contributed by atoms with van der Waals surface area (Å²) in [7, 11) is 1.66. The molecular weight excluding hydrogens is 288 g/mol. The van der Waals surface area contributed by atoms with Crippen molar-refractivity contribution in [1.82, 2.24) is 4.98 Å². The molecule has 2 aromatic carbocycles. The average molecular weight is 306 g/mol. The van der Waals surface area contributed by atoms with E-state index in [0.29, 0.717) is 6.42 Å². The monoisotopic (exact) mass is 306 g/mol. The van der Waals surface area contributed by atoms with Gasteiger partial charge in [-0.25, -0.2) is 0 Å². The van der Waals surface area contributed by atoms with E-state index in [9.17, 15) is 4.79 Å². The van der Waals surface area contributed by atoms with Crippen LogP contribution in [-0.2, 0) is 4.79 Å². The molecular formula is C19H18N2O2. The van der Waals surface area contributed by atoms with Gasteiger partial charge in [-0.3, -0.25) is 9.69 Å². The minimum absolute atomic E-state index is 0.186. The van der Waals surface area contributed by atoms with Gasteiger partial charge >= 0.3 is 0 Å². The van der Waals surface area contributed by atoms with Crippen LogP contribution in [0.25, 0.3) is 22.0 Å². The first kappa shape index (κ1) is 13.9. The van der Waals surface area contributed by atoms with Crippen LogP contribution in [0.2, 0.25) is 0 Å². The molecule has 0 bridgehead atoms. The van der Waals surface area contributed by atoms with Crippen molar-refractivity contribution in [2.45, 2.75) is 12.8 Å². The molecule has 0 unspecified atom stereocenters. The summed E-state index contributed by atoms with van der Waals surface area (Å²) in [6.45, 7) is 0.773. The van der Waals surface area contributed by atoms with Gasteiger partial charge in [-0.1, -0.05) is 30.3 Å². The fourth-order valence-corrected chi connectivity index (χ4v) is 3.26. The van der Waals surface area contributed by atoms with Crippen molar-refractivity contribution < 1.29 is 9.53 Å². The summed E-state index contributed by atoms with van der Waals surface area (Å²) in [5, 5.41) is 1.13. The molecule has 1 fully saturated rings. The number of hydrogen-bond donors (Lipinski definition) is 1. The Labute approximate surface area is 134 Å². The Bertz CT molecular complexity index is 865. The number of benzene rings is 2. The zero-order valence-corrected chi connectivity index (χ0v) is 13.0. The fourth-order valence-electron chi connectivity index (χ4n) is 3.26. The molecule has 1 saturated heterocycles. The molecule has 4 rings (SSSR count). The van der Waals surface area contributed by atoms with E-state index < -0.39 is 0 Å². The van der Waals surface area contributed by atoms with Gasteiger partial charge in [0.05, 0.1) is 7.11 Å². The number of methoxy groups -OCH3 is 1. The number of amides is 1. The summed E-state index contributed by atoms with van der Waals surface area (Å²) in [4.78, 5) is 17.5. The SMILES string of the molecule is COc1ccc(-c2c(N3CCCC3=O)[nH]c3ccccc23)cc1. The van der Waals surface area contributed by atoms with Crippen LogP contribution in [-0.4, -0.2) is 24.5 Å².